The predicted molar refractivity (Wildman–Crippen MR) is 96.0 cm³/mol. The zero-order valence-corrected chi connectivity index (χ0v) is 15.0. The lowest BCUT2D eigenvalue weighted by Crippen LogP contribution is -2.44. The van der Waals surface area contributed by atoms with Crippen molar-refractivity contribution >= 4 is 23.5 Å². The summed E-state index contributed by atoms with van der Waals surface area (Å²) in [5, 5.41) is 9.76. The Morgan fingerprint density at radius 3 is 2.50 bits per heavy atom. The van der Waals surface area contributed by atoms with E-state index in [4.69, 9.17) is 0 Å². The number of hydrogen-bond acceptors (Lipinski definition) is 3. The second-order valence-corrected chi connectivity index (χ2v) is 7.67. The monoisotopic (exact) mass is 356 g/mol. The van der Waals surface area contributed by atoms with E-state index in [0.717, 1.165) is 31.5 Å². The molecule has 0 radical (unpaired) electrons. The summed E-state index contributed by atoms with van der Waals surface area (Å²) in [6.45, 7) is 2.62. The summed E-state index contributed by atoms with van der Waals surface area (Å²) in [6.07, 6.45) is 4.18. The molecule has 3 aliphatic heterocycles. The summed E-state index contributed by atoms with van der Waals surface area (Å²) in [7, 11) is 0. The standard InChI is InChI=1S/C20H24N2O4/c1-2-20(19(25)26)12-15-9-10-16(20)22(15)18(24)13-5-7-14(8-6-13)21-11-3-4-17(21)23/h5-8,15-16H,2-4,9-12H2,1H3,(H,25,26)/t15-,16+,20+/m0/s1. The van der Waals surface area contributed by atoms with E-state index >= 15 is 0 Å². The predicted octanol–water partition coefficient (Wildman–Crippen LogP) is 2.67. The maximum absolute atomic E-state index is 13.1. The molecule has 6 nitrogen and oxygen atoms in total. The van der Waals surface area contributed by atoms with Gasteiger partial charge in [0.2, 0.25) is 5.91 Å². The Morgan fingerprint density at radius 2 is 1.96 bits per heavy atom. The minimum absolute atomic E-state index is 0.0170. The number of aliphatic carboxylic acids is 1. The zero-order valence-electron chi connectivity index (χ0n) is 15.0. The largest absolute Gasteiger partial charge is 0.481 e. The molecule has 1 aromatic carbocycles. The molecule has 6 heteroatoms. The fourth-order valence-electron chi connectivity index (χ4n) is 5.10. The number of hydrogen-bond donors (Lipinski definition) is 1. The summed E-state index contributed by atoms with van der Waals surface area (Å²) in [5.74, 6) is -0.753. The van der Waals surface area contributed by atoms with Crippen LogP contribution in [0.25, 0.3) is 0 Å². The number of carbonyl (C=O) groups is 3. The van der Waals surface area contributed by atoms with Gasteiger partial charge < -0.3 is 14.9 Å². The normalized spacial score (nSPS) is 30.3. The molecule has 2 bridgehead atoms. The maximum atomic E-state index is 13.1. The van der Waals surface area contributed by atoms with E-state index in [9.17, 15) is 19.5 Å². The van der Waals surface area contributed by atoms with E-state index in [1.165, 1.54) is 0 Å². The van der Waals surface area contributed by atoms with Crippen LogP contribution >= 0.6 is 0 Å². The third-order valence-electron chi connectivity index (χ3n) is 6.53. The SMILES string of the molecule is CC[C@@]1(C(=O)O)C[C@@H]2CC[C@H]1N2C(=O)c1ccc(N2CCCC2=O)cc1. The number of nitrogens with zero attached hydrogens (tertiary/aromatic N) is 2. The van der Waals surface area contributed by atoms with Gasteiger partial charge in [-0.05, 0) is 56.4 Å². The zero-order chi connectivity index (χ0) is 18.5. The summed E-state index contributed by atoms with van der Waals surface area (Å²) in [6, 6.07) is 6.95. The smallest absolute Gasteiger partial charge is 0.311 e. The van der Waals surface area contributed by atoms with Gasteiger partial charge >= 0.3 is 5.97 Å². The van der Waals surface area contributed by atoms with Gasteiger partial charge in [0, 0.05) is 36.3 Å². The molecule has 0 aromatic heterocycles. The molecule has 4 rings (SSSR count). The number of benzene rings is 1. The van der Waals surface area contributed by atoms with Crippen molar-refractivity contribution in [3.63, 3.8) is 0 Å². The summed E-state index contributed by atoms with van der Waals surface area (Å²) in [4.78, 5) is 40.4. The van der Waals surface area contributed by atoms with Crippen molar-refractivity contribution in [1.82, 2.24) is 4.90 Å². The van der Waals surface area contributed by atoms with Crippen LogP contribution in [-0.4, -0.2) is 46.4 Å². The van der Waals surface area contributed by atoms with E-state index in [1.807, 2.05) is 24.0 Å². The number of fused-ring (bicyclic) bond motifs is 2. The van der Waals surface area contributed by atoms with Crippen LogP contribution in [0.15, 0.2) is 24.3 Å². The number of anilines is 1. The first-order chi connectivity index (χ1) is 12.5. The molecule has 0 unspecified atom stereocenters. The minimum Gasteiger partial charge on any atom is -0.481 e. The van der Waals surface area contributed by atoms with Crippen LogP contribution in [0.1, 0.15) is 55.8 Å². The lowest BCUT2D eigenvalue weighted by Gasteiger charge is -2.32. The molecule has 26 heavy (non-hydrogen) atoms. The Balaban J connectivity index is 1.57. The van der Waals surface area contributed by atoms with Crippen molar-refractivity contribution in [3.8, 4) is 0 Å². The topological polar surface area (TPSA) is 77.9 Å². The van der Waals surface area contributed by atoms with Crippen LogP contribution in [-0.2, 0) is 9.59 Å². The number of rotatable bonds is 4. The second kappa shape index (κ2) is 6.11. The van der Waals surface area contributed by atoms with Gasteiger partial charge in [0.15, 0.2) is 0 Å². The Kier molecular flexibility index (Phi) is 4.01. The fraction of sp³-hybridized carbons (Fsp3) is 0.550. The molecule has 3 atom stereocenters. The van der Waals surface area contributed by atoms with Crippen molar-refractivity contribution in [2.24, 2.45) is 5.41 Å². The highest BCUT2D eigenvalue weighted by Gasteiger charge is 2.60. The van der Waals surface area contributed by atoms with Gasteiger partial charge in [0.1, 0.15) is 0 Å². The van der Waals surface area contributed by atoms with Crippen molar-refractivity contribution in [2.45, 2.75) is 57.5 Å². The van der Waals surface area contributed by atoms with E-state index < -0.39 is 11.4 Å². The van der Waals surface area contributed by atoms with E-state index in [-0.39, 0.29) is 23.9 Å². The maximum Gasteiger partial charge on any atom is 0.311 e. The van der Waals surface area contributed by atoms with Crippen LogP contribution in [0.2, 0.25) is 0 Å². The van der Waals surface area contributed by atoms with Crippen molar-refractivity contribution in [2.75, 3.05) is 11.4 Å². The quantitative estimate of drug-likeness (QED) is 0.900. The molecule has 0 saturated carbocycles. The Labute approximate surface area is 152 Å². The van der Waals surface area contributed by atoms with Crippen LogP contribution in [0, 0.1) is 5.41 Å². The summed E-state index contributed by atoms with van der Waals surface area (Å²) >= 11 is 0. The van der Waals surface area contributed by atoms with Gasteiger partial charge in [-0.2, -0.15) is 0 Å². The van der Waals surface area contributed by atoms with Gasteiger partial charge in [0.25, 0.3) is 5.91 Å². The van der Waals surface area contributed by atoms with Crippen LogP contribution in [0.3, 0.4) is 0 Å². The van der Waals surface area contributed by atoms with Crippen LogP contribution in [0.4, 0.5) is 5.69 Å². The Hall–Kier alpha value is -2.37. The highest BCUT2D eigenvalue weighted by Crippen LogP contribution is 2.52. The molecule has 3 aliphatic rings. The molecule has 0 spiro atoms. The molecule has 2 amide bonds. The van der Waals surface area contributed by atoms with Crippen molar-refractivity contribution in [3.05, 3.63) is 29.8 Å². The molecular weight excluding hydrogens is 332 g/mol. The van der Waals surface area contributed by atoms with E-state index in [2.05, 4.69) is 0 Å². The highest BCUT2D eigenvalue weighted by atomic mass is 16.4. The van der Waals surface area contributed by atoms with E-state index in [0.29, 0.717) is 24.8 Å². The molecule has 1 aromatic rings. The number of amides is 2. The third-order valence-corrected chi connectivity index (χ3v) is 6.53. The number of carbonyl (C=O) groups excluding carboxylic acids is 2. The van der Waals surface area contributed by atoms with Crippen molar-refractivity contribution in [1.29, 1.82) is 0 Å². The fourth-order valence-corrected chi connectivity index (χ4v) is 5.10. The van der Waals surface area contributed by atoms with Gasteiger partial charge in [-0.1, -0.05) is 6.92 Å². The van der Waals surface area contributed by atoms with Gasteiger partial charge in [0.05, 0.1) is 5.41 Å². The van der Waals surface area contributed by atoms with Gasteiger partial charge in [-0.25, -0.2) is 0 Å². The first-order valence-corrected chi connectivity index (χ1v) is 9.44. The lowest BCUT2D eigenvalue weighted by molar-refractivity contribution is -0.151. The minimum atomic E-state index is -0.805. The average molecular weight is 356 g/mol. The molecular formula is C20H24N2O4. The molecule has 3 saturated heterocycles. The van der Waals surface area contributed by atoms with E-state index in [1.54, 1.807) is 17.0 Å². The first kappa shape index (κ1) is 17.1. The number of carboxylic acid groups (broad SMARTS) is 1. The van der Waals surface area contributed by atoms with Crippen molar-refractivity contribution < 1.29 is 19.5 Å². The third kappa shape index (κ3) is 2.35. The Bertz CT molecular complexity index is 760. The molecule has 3 heterocycles. The van der Waals surface area contributed by atoms with Crippen LogP contribution in [0.5, 0.6) is 0 Å². The average Bonchev–Trinajstić information content (AvgIpc) is 3.34. The molecule has 3 fully saturated rings. The van der Waals surface area contributed by atoms with Gasteiger partial charge in [-0.15, -0.1) is 0 Å². The lowest BCUT2D eigenvalue weighted by atomic mass is 9.72. The molecule has 1 N–H and O–H groups in total. The highest BCUT2D eigenvalue weighted by molar-refractivity contribution is 5.98. The summed E-state index contributed by atoms with van der Waals surface area (Å²) < 4.78 is 0. The molecule has 138 valence electrons. The molecule has 0 aliphatic carbocycles. The van der Waals surface area contributed by atoms with Crippen LogP contribution < -0.4 is 4.90 Å². The van der Waals surface area contributed by atoms with Gasteiger partial charge in [-0.3, -0.25) is 14.4 Å². The summed E-state index contributed by atoms with van der Waals surface area (Å²) in [5.41, 5.74) is 0.581. The second-order valence-electron chi connectivity index (χ2n) is 7.67. The first-order valence-electron chi connectivity index (χ1n) is 9.44. The Morgan fingerprint density at radius 1 is 1.23 bits per heavy atom. The number of carboxylic acids is 1.